The summed E-state index contributed by atoms with van der Waals surface area (Å²) in [6.45, 7) is 0. The van der Waals surface area contributed by atoms with Crippen molar-refractivity contribution in [1.82, 2.24) is 0 Å². The highest BCUT2D eigenvalue weighted by Crippen LogP contribution is 2.45. The molecule has 0 aliphatic rings. The first-order chi connectivity index (χ1) is 10.1. The molecular formula is C15H15BrO5. The number of rotatable bonds is 4. The largest absolute Gasteiger partial charge is 0.496 e. The molecular weight excluding hydrogens is 340 g/mol. The molecule has 0 N–H and O–H groups in total. The minimum atomic E-state index is -0.433. The molecule has 6 heteroatoms. The van der Waals surface area contributed by atoms with Crippen LogP contribution in [-0.4, -0.2) is 34.4 Å². The molecule has 2 aromatic rings. The molecule has 0 aliphatic carbocycles. The number of benzene rings is 2. The first kappa shape index (κ1) is 15.4. The van der Waals surface area contributed by atoms with Crippen LogP contribution in [0.4, 0.5) is 0 Å². The van der Waals surface area contributed by atoms with Crippen LogP contribution in [0.3, 0.4) is 0 Å². The maximum absolute atomic E-state index is 11.8. The van der Waals surface area contributed by atoms with Gasteiger partial charge in [-0.2, -0.15) is 0 Å². The molecule has 0 aromatic heterocycles. The molecule has 5 nitrogen and oxygen atoms in total. The van der Waals surface area contributed by atoms with E-state index in [4.69, 9.17) is 18.9 Å². The van der Waals surface area contributed by atoms with Crippen LogP contribution in [0.25, 0.3) is 10.8 Å². The van der Waals surface area contributed by atoms with E-state index in [1.54, 1.807) is 32.4 Å². The molecule has 0 aliphatic heterocycles. The Morgan fingerprint density at radius 1 is 0.952 bits per heavy atom. The van der Waals surface area contributed by atoms with Crippen molar-refractivity contribution in [2.45, 2.75) is 0 Å². The first-order valence-corrected chi connectivity index (χ1v) is 6.87. The summed E-state index contributed by atoms with van der Waals surface area (Å²) in [5, 5.41) is 1.49. The third-order valence-corrected chi connectivity index (χ3v) is 3.79. The van der Waals surface area contributed by atoms with Crippen LogP contribution in [0.2, 0.25) is 0 Å². The summed E-state index contributed by atoms with van der Waals surface area (Å²) < 4.78 is 21.7. The van der Waals surface area contributed by atoms with Crippen LogP contribution in [-0.2, 0) is 4.74 Å². The van der Waals surface area contributed by atoms with Gasteiger partial charge in [-0.1, -0.05) is 15.9 Å². The number of hydrogen-bond acceptors (Lipinski definition) is 5. The van der Waals surface area contributed by atoms with Crippen molar-refractivity contribution in [3.8, 4) is 17.2 Å². The summed E-state index contributed by atoms with van der Waals surface area (Å²) in [5.74, 6) is 1.19. The van der Waals surface area contributed by atoms with Gasteiger partial charge in [-0.15, -0.1) is 0 Å². The molecule has 21 heavy (non-hydrogen) atoms. The molecule has 0 spiro atoms. The van der Waals surface area contributed by atoms with Crippen molar-refractivity contribution in [1.29, 1.82) is 0 Å². The second-order valence-corrected chi connectivity index (χ2v) is 5.04. The topological polar surface area (TPSA) is 54.0 Å². The number of carbonyl (C=O) groups excluding carboxylic acids is 1. The van der Waals surface area contributed by atoms with Gasteiger partial charge >= 0.3 is 5.97 Å². The van der Waals surface area contributed by atoms with Crippen molar-refractivity contribution in [3.63, 3.8) is 0 Å². The van der Waals surface area contributed by atoms with Gasteiger partial charge in [0.1, 0.15) is 5.75 Å². The fourth-order valence-electron chi connectivity index (χ4n) is 2.17. The lowest BCUT2D eigenvalue weighted by Crippen LogP contribution is -2.03. The molecule has 2 aromatic carbocycles. The summed E-state index contributed by atoms with van der Waals surface area (Å²) in [4.78, 5) is 11.8. The maximum atomic E-state index is 11.8. The molecule has 0 radical (unpaired) electrons. The number of methoxy groups -OCH3 is 4. The summed E-state index contributed by atoms with van der Waals surface area (Å²) in [5.41, 5.74) is 0.398. The summed E-state index contributed by atoms with van der Waals surface area (Å²) in [7, 11) is 5.98. The van der Waals surface area contributed by atoms with E-state index >= 15 is 0 Å². The van der Waals surface area contributed by atoms with Crippen LogP contribution in [0.15, 0.2) is 22.7 Å². The highest BCUT2D eigenvalue weighted by molar-refractivity contribution is 9.10. The quantitative estimate of drug-likeness (QED) is 0.787. The maximum Gasteiger partial charge on any atom is 0.338 e. The van der Waals surface area contributed by atoms with E-state index < -0.39 is 5.97 Å². The minimum Gasteiger partial charge on any atom is -0.496 e. The van der Waals surface area contributed by atoms with E-state index in [0.29, 0.717) is 22.8 Å². The number of esters is 1. The van der Waals surface area contributed by atoms with E-state index in [0.717, 1.165) is 15.2 Å². The molecule has 0 amide bonds. The van der Waals surface area contributed by atoms with Gasteiger partial charge < -0.3 is 18.9 Å². The van der Waals surface area contributed by atoms with Crippen molar-refractivity contribution in [2.75, 3.05) is 28.4 Å². The average molecular weight is 355 g/mol. The van der Waals surface area contributed by atoms with Gasteiger partial charge in [-0.25, -0.2) is 4.79 Å². The van der Waals surface area contributed by atoms with Crippen LogP contribution < -0.4 is 14.2 Å². The zero-order chi connectivity index (χ0) is 15.6. The van der Waals surface area contributed by atoms with Crippen LogP contribution >= 0.6 is 15.9 Å². The van der Waals surface area contributed by atoms with E-state index in [-0.39, 0.29) is 0 Å². The molecule has 0 saturated carbocycles. The fourth-order valence-corrected chi connectivity index (χ4v) is 2.69. The lowest BCUT2D eigenvalue weighted by molar-refractivity contribution is 0.0600. The van der Waals surface area contributed by atoms with Crippen molar-refractivity contribution >= 4 is 32.7 Å². The Balaban J connectivity index is 2.89. The first-order valence-electron chi connectivity index (χ1n) is 6.07. The highest BCUT2D eigenvalue weighted by atomic mass is 79.9. The lowest BCUT2D eigenvalue weighted by Gasteiger charge is -2.16. The Kier molecular flexibility index (Phi) is 4.57. The van der Waals surface area contributed by atoms with Gasteiger partial charge in [0.05, 0.1) is 39.4 Å². The Morgan fingerprint density at radius 2 is 1.62 bits per heavy atom. The Morgan fingerprint density at radius 3 is 2.14 bits per heavy atom. The van der Waals surface area contributed by atoms with Crippen LogP contribution in [0, 0.1) is 0 Å². The molecule has 0 bridgehead atoms. The molecule has 0 saturated heterocycles. The number of hydrogen-bond donors (Lipinski definition) is 0. The summed E-state index contributed by atoms with van der Waals surface area (Å²) in [6.07, 6.45) is 0. The SMILES string of the molecule is COC(=O)c1cc(OC)c2c(OC)c(OC)cc(Br)c2c1. The van der Waals surface area contributed by atoms with Gasteiger partial charge in [0.2, 0.25) is 0 Å². The number of halogens is 1. The molecule has 0 unspecified atom stereocenters. The van der Waals surface area contributed by atoms with Gasteiger partial charge in [-0.05, 0) is 18.2 Å². The minimum absolute atomic E-state index is 0.398. The van der Waals surface area contributed by atoms with Gasteiger partial charge in [0, 0.05) is 9.86 Å². The number of carbonyl (C=O) groups is 1. The van der Waals surface area contributed by atoms with Gasteiger partial charge in [0.25, 0.3) is 0 Å². The molecule has 0 heterocycles. The Bertz CT molecular complexity index is 696. The van der Waals surface area contributed by atoms with Gasteiger partial charge in [0.15, 0.2) is 11.5 Å². The standard InChI is InChI=1S/C15H15BrO5/c1-18-11-6-8(15(17)21-4)5-9-10(16)7-12(19-2)14(20-3)13(9)11/h5-7H,1-4H3. The van der Waals surface area contributed by atoms with E-state index in [2.05, 4.69) is 15.9 Å². The molecule has 0 atom stereocenters. The van der Waals surface area contributed by atoms with Crippen molar-refractivity contribution in [2.24, 2.45) is 0 Å². The van der Waals surface area contributed by atoms with Crippen LogP contribution in [0.1, 0.15) is 10.4 Å². The highest BCUT2D eigenvalue weighted by Gasteiger charge is 2.19. The molecule has 112 valence electrons. The average Bonchev–Trinajstić information content (AvgIpc) is 2.52. The monoisotopic (exact) mass is 354 g/mol. The van der Waals surface area contributed by atoms with E-state index in [9.17, 15) is 4.79 Å². The summed E-state index contributed by atoms with van der Waals surface area (Å²) >= 11 is 3.48. The zero-order valence-electron chi connectivity index (χ0n) is 12.2. The van der Waals surface area contributed by atoms with Crippen molar-refractivity contribution in [3.05, 3.63) is 28.2 Å². The van der Waals surface area contributed by atoms with Crippen molar-refractivity contribution < 1.29 is 23.7 Å². The number of fused-ring (bicyclic) bond motifs is 1. The Hall–Kier alpha value is -1.95. The smallest absolute Gasteiger partial charge is 0.338 e. The summed E-state index contributed by atoms with van der Waals surface area (Å²) in [6, 6.07) is 5.11. The van der Waals surface area contributed by atoms with E-state index in [1.807, 2.05) is 0 Å². The molecule has 0 fully saturated rings. The lowest BCUT2D eigenvalue weighted by atomic mass is 10.0. The zero-order valence-corrected chi connectivity index (χ0v) is 13.7. The molecule has 2 rings (SSSR count). The third kappa shape index (κ3) is 2.63. The normalized spacial score (nSPS) is 10.3. The number of ether oxygens (including phenoxy) is 4. The predicted molar refractivity (Wildman–Crippen MR) is 82.6 cm³/mol. The van der Waals surface area contributed by atoms with E-state index in [1.165, 1.54) is 14.2 Å². The second-order valence-electron chi connectivity index (χ2n) is 4.19. The third-order valence-electron chi connectivity index (χ3n) is 3.13. The Labute approximate surface area is 130 Å². The van der Waals surface area contributed by atoms with Crippen LogP contribution in [0.5, 0.6) is 17.2 Å². The van der Waals surface area contributed by atoms with Gasteiger partial charge in [-0.3, -0.25) is 0 Å². The second kappa shape index (κ2) is 6.22. The fraction of sp³-hybridized carbons (Fsp3) is 0.267. The predicted octanol–water partition coefficient (Wildman–Crippen LogP) is 3.41.